The first kappa shape index (κ1) is 21.4. The van der Waals surface area contributed by atoms with Crippen LogP contribution in [0.25, 0.3) is 17.4 Å². The molecule has 9 heteroatoms. The van der Waals surface area contributed by atoms with E-state index in [2.05, 4.69) is 10.3 Å². The molecule has 1 saturated heterocycles. The highest BCUT2D eigenvalue weighted by molar-refractivity contribution is 8.18. The second-order valence-corrected chi connectivity index (χ2v) is 7.90. The minimum Gasteiger partial charge on any atom is -0.494 e. The molecule has 162 valence electrons. The molecule has 0 radical (unpaired) electrons. The van der Waals surface area contributed by atoms with E-state index < -0.39 is 4.92 Å². The summed E-state index contributed by atoms with van der Waals surface area (Å²) in [6.45, 7) is 4.35. The number of furan rings is 1. The van der Waals surface area contributed by atoms with Crippen molar-refractivity contribution in [2.75, 3.05) is 6.61 Å². The predicted molar refractivity (Wildman–Crippen MR) is 124 cm³/mol. The Balaban J connectivity index is 1.53. The molecule has 0 atom stereocenters. The Morgan fingerprint density at radius 3 is 2.69 bits per heavy atom. The van der Waals surface area contributed by atoms with Gasteiger partial charge in [-0.05, 0) is 67.6 Å². The molecule has 0 saturated carbocycles. The van der Waals surface area contributed by atoms with Gasteiger partial charge in [0.05, 0.1) is 22.1 Å². The lowest BCUT2D eigenvalue weighted by Gasteiger charge is -2.02. The molecule has 2 aromatic carbocycles. The van der Waals surface area contributed by atoms with Crippen LogP contribution in [0.15, 0.2) is 68.9 Å². The van der Waals surface area contributed by atoms with Crippen molar-refractivity contribution >= 4 is 40.3 Å². The van der Waals surface area contributed by atoms with Gasteiger partial charge >= 0.3 is 0 Å². The van der Waals surface area contributed by atoms with Crippen molar-refractivity contribution in [3.05, 3.63) is 80.9 Å². The van der Waals surface area contributed by atoms with Crippen molar-refractivity contribution in [2.24, 2.45) is 4.99 Å². The number of aliphatic imine (C=N–C) groups is 1. The fourth-order valence-corrected chi connectivity index (χ4v) is 3.90. The number of nitrogens with zero attached hydrogens (tertiary/aromatic N) is 2. The number of thioether (sulfide) groups is 1. The fourth-order valence-electron chi connectivity index (χ4n) is 3.07. The summed E-state index contributed by atoms with van der Waals surface area (Å²) in [5.41, 5.74) is 2.16. The number of amidine groups is 1. The quantitative estimate of drug-likeness (QED) is 0.304. The number of ether oxygens (including phenoxy) is 1. The number of amides is 1. The number of hydrogen-bond donors (Lipinski definition) is 1. The number of nitro groups is 1. The zero-order chi connectivity index (χ0) is 22.7. The fraction of sp³-hybridized carbons (Fsp3) is 0.130. The van der Waals surface area contributed by atoms with E-state index in [0.717, 1.165) is 11.3 Å². The van der Waals surface area contributed by atoms with Crippen LogP contribution in [-0.4, -0.2) is 22.6 Å². The third-order valence-electron chi connectivity index (χ3n) is 4.63. The van der Waals surface area contributed by atoms with Gasteiger partial charge in [-0.1, -0.05) is 6.07 Å². The van der Waals surface area contributed by atoms with Gasteiger partial charge < -0.3 is 14.5 Å². The first-order valence-corrected chi connectivity index (χ1v) is 10.6. The van der Waals surface area contributed by atoms with Crippen molar-refractivity contribution in [1.29, 1.82) is 0 Å². The van der Waals surface area contributed by atoms with Crippen LogP contribution in [0.4, 0.5) is 11.4 Å². The van der Waals surface area contributed by atoms with Crippen molar-refractivity contribution in [3.8, 4) is 17.1 Å². The van der Waals surface area contributed by atoms with Gasteiger partial charge in [0.15, 0.2) is 5.17 Å². The van der Waals surface area contributed by atoms with E-state index in [1.54, 1.807) is 24.3 Å². The molecule has 0 spiro atoms. The molecule has 1 aromatic heterocycles. The van der Waals surface area contributed by atoms with Gasteiger partial charge in [0.2, 0.25) is 0 Å². The molecule has 1 amide bonds. The number of carbonyl (C=O) groups is 1. The molecular weight excluding hydrogens is 430 g/mol. The molecule has 3 aromatic rings. The van der Waals surface area contributed by atoms with Gasteiger partial charge in [0, 0.05) is 23.8 Å². The second-order valence-electron chi connectivity index (χ2n) is 6.87. The van der Waals surface area contributed by atoms with E-state index in [-0.39, 0.29) is 11.6 Å². The van der Waals surface area contributed by atoms with Crippen LogP contribution < -0.4 is 10.1 Å². The number of nitro benzene ring substituents is 1. The highest BCUT2D eigenvalue weighted by Crippen LogP contribution is 2.32. The van der Waals surface area contributed by atoms with E-state index >= 15 is 0 Å². The van der Waals surface area contributed by atoms with E-state index in [1.165, 1.54) is 23.9 Å². The summed E-state index contributed by atoms with van der Waals surface area (Å²) in [5, 5.41) is 14.3. The number of non-ortho nitro benzene ring substituents is 1. The number of hydrogen-bond acceptors (Lipinski definition) is 7. The molecule has 0 bridgehead atoms. The maximum atomic E-state index is 12.4. The van der Waals surface area contributed by atoms with E-state index in [4.69, 9.17) is 9.15 Å². The van der Waals surface area contributed by atoms with Gasteiger partial charge in [-0.3, -0.25) is 14.9 Å². The van der Waals surface area contributed by atoms with Crippen molar-refractivity contribution in [1.82, 2.24) is 5.32 Å². The van der Waals surface area contributed by atoms with Crippen LogP contribution in [0.1, 0.15) is 18.2 Å². The predicted octanol–water partition coefficient (Wildman–Crippen LogP) is 5.45. The van der Waals surface area contributed by atoms with Crippen LogP contribution in [0.3, 0.4) is 0 Å². The molecule has 4 rings (SSSR count). The average Bonchev–Trinajstić information content (AvgIpc) is 3.36. The number of aryl methyl sites for hydroxylation is 1. The SMILES string of the molecule is CCOc1ccc(N=C2NC(=O)/C(=C/c3ccc(-c4cc([N+](=O)[O-])ccc4C)o3)S2)cc1. The van der Waals surface area contributed by atoms with Crippen molar-refractivity contribution in [2.45, 2.75) is 13.8 Å². The summed E-state index contributed by atoms with van der Waals surface area (Å²) in [5.74, 6) is 1.44. The minimum atomic E-state index is -0.445. The maximum Gasteiger partial charge on any atom is 0.270 e. The molecule has 1 aliphatic heterocycles. The monoisotopic (exact) mass is 449 g/mol. The number of benzene rings is 2. The smallest absolute Gasteiger partial charge is 0.270 e. The maximum absolute atomic E-state index is 12.4. The first-order chi connectivity index (χ1) is 15.4. The Morgan fingerprint density at radius 1 is 1.19 bits per heavy atom. The van der Waals surface area contributed by atoms with Crippen LogP contribution in [0, 0.1) is 17.0 Å². The van der Waals surface area contributed by atoms with Crippen molar-refractivity contribution < 1.29 is 18.9 Å². The van der Waals surface area contributed by atoms with Gasteiger partial charge in [0.1, 0.15) is 17.3 Å². The van der Waals surface area contributed by atoms with Gasteiger partial charge in [-0.25, -0.2) is 4.99 Å². The summed E-state index contributed by atoms with van der Waals surface area (Å²) < 4.78 is 11.3. The Kier molecular flexibility index (Phi) is 6.09. The third-order valence-corrected chi connectivity index (χ3v) is 5.54. The number of nitrogens with one attached hydrogen (secondary N) is 1. The lowest BCUT2D eigenvalue weighted by Crippen LogP contribution is -2.19. The second kappa shape index (κ2) is 9.11. The summed E-state index contributed by atoms with van der Waals surface area (Å²) in [6, 6.07) is 15.3. The molecular formula is C23H19N3O5S. The van der Waals surface area contributed by atoms with Crippen LogP contribution in [0.2, 0.25) is 0 Å². The molecule has 8 nitrogen and oxygen atoms in total. The average molecular weight is 449 g/mol. The summed E-state index contributed by atoms with van der Waals surface area (Å²) in [7, 11) is 0. The zero-order valence-electron chi connectivity index (χ0n) is 17.3. The molecule has 1 fully saturated rings. The van der Waals surface area contributed by atoms with E-state index in [9.17, 15) is 14.9 Å². The Labute approximate surface area is 188 Å². The summed E-state index contributed by atoms with van der Waals surface area (Å²) in [6.07, 6.45) is 1.62. The molecule has 0 unspecified atom stereocenters. The lowest BCUT2D eigenvalue weighted by atomic mass is 10.1. The van der Waals surface area contributed by atoms with Crippen LogP contribution >= 0.6 is 11.8 Å². The normalized spacial score (nSPS) is 15.9. The Morgan fingerprint density at radius 2 is 1.97 bits per heavy atom. The molecule has 1 N–H and O–H groups in total. The Bertz CT molecular complexity index is 1240. The third kappa shape index (κ3) is 4.73. The summed E-state index contributed by atoms with van der Waals surface area (Å²) in [4.78, 5) is 27.9. The number of carbonyl (C=O) groups excluding carboxylic acids is 1. The molecule has 2 heterocycles. The van der Waals surface area contributed by atoms with Crippen molar-refractivity contribution in [3.63, 3.8) is 0 Å². The molecule has 0 aliphatic carbocycles. The standard InChI is InChI=1S/C23H19N3O5S/c1-3-30-17-8-5-15(6-9-17)24-23-25-22(27)21(32-23)13-18-10-11-20(31-18)19-12-16(26(28)29)7-4-14(19)2/h4-13H,3H2,1-2H3,(H,24,25,27)/b21-13-. The highest BCUT2D eigenvalue weighted by atomic mass is 32.2. The molecule has 1 aliphatic rings. The first-order valence-electron chi connectivity index (χ1n) is 9.80. The highest BCUT2D eigenvalue weighted by Gasteiger charge is 2.24. The van der Waals surface area contributed by atoms with Crippen LogP contribution in [-0.2, 0) is 4.79 Å². The topological polar surface area (TPSA) is 107 Å². The van der Waals surface area contributed by atoms with E-state index in [1.807, 2.05) is 38.1 Å². The Hall–Kier alpha value is -3.85. The van der Waals surface area contributed by atoms with E-state index in [0.29, 0.717) is 39.5 Å². The van der Waals surface area contributed by atoms with Gasteiger partial charge in [-0.2, -0.15) is 0 Å². The molecule has 32 heavy (non-hydrogen) atoms. The summed E-state index contributed by atoms with van der Waals surface area (Å²) >= 11 is 1.21. The zero-order valence-corrected chi connectivity index (χ0v) is 18.1. The van der Waals surface area contributed by atoms with Gasteiger partial charge in [0.25, 0.3) is 11.6 Å². The largest absolute Gasteiger partial charge is 0.494 e. The minimum absolute atomic E-state index is 0.0113. The van der Waals surface area contributed by atoms with Crippen LogP contribution in [0.5, 0.6) is 5.75 Å². The number of rotatable bonds is 6. The lowest BCUT2D eigenvalue weighted by molar-refractivity contribution is -0.384. The van der Waals surface area contributed by atoms with Gasteiger partial charge in [-0.15, -0.1) is 0 Å².